The Kier molecular flexibility index (Phi) is 5.18. The van der Waals surface area contributed by atoms with Gasteiger partial charge >= 0.3 is 0 Å². The third-order valence-corrected chi connectivity index (χ3v) is 6.15. The Morgan fingerprint density at radius 3 is 2.70 bits per heavy atom. The third kappa shape index (κ3) is 3.86. The van der Waals surface area contributed by atoms with Crippen LogP contribution in [-0.2, 0) is 6.42 Å². The highest BCUT2D eigenvalue weighted by Gasteiger charge is 2.14. The number of methoxy groups -OCH3 is 1. The third-order valence-electron chi connectivity index (χ3n) is 4.31. The fraction of sp³-hybridized carbons (Fsp3) is 0.143. The number of fused-ring (bicyclic) bond motifs is 1. The van der Waals surface area contributed by atoms with Crippen LogP contribution in [0.4, 0.5) is 0 Å². The number of nitrogens with zero attached hydrogens (tertiary/aromatic N) is 1. The average Bonchev–Trinajstić information content (AvgIpc) is 3.35. The van der Waals surface area contributed by atoms with Crippen LogP contribution in [0.5, 0.6) is 5.75 Å². The molecule has 0 radical (unpaired) electrons. The highest BCUT2D eigenvalue weighted by molar-refractivity contribution is 7.19. The summed E-state index contributed by atoms with van der Waals surface area (Å²) < 4.78 is 6.38. The minimum absolute atomic E-state index is 0.134. The molecule has 136 valence electrons. The van der Waals surface area contributed by atoms with Gasteiger partial charge in [0.1, 0.15) is 16.5 Å². The largest absolute Gasteiger partial charge is 0.497 e. The van der Waals surface area contributed by atoms with Gasteiger partial charge in [0.15, 0.2) is 0 Å². The topological polar surface area (TPSA) is 51.2 Å². The number of rotatable bonds is 6. The predicted molar refractivity (Wildman–Crippen MR) is 112 cm³/mol. The van der Waals surface area contributed by atoms with E-state index in [-0.39, 0.29) is 5.91 Å². The van der Waals surface area contributed by atoms with Crippen molar-refractivity contribution in [2.24, 2.45) is 0 Å². The first-order chi connectivity index (χ1) is 13.2. The van der Waals surface area contributed by atoms with E-state index in [9.17, 15) is 4.79 Å². The molecular formula is C21H18N2O2S2. The number of aromatic nitrogens is 1. The van der Waals surface area contributed by atoms with Gasteiger partial charge in [0, 0.05) is 33.0 Å². The van der Waals surface area contributed by atoms with Crippen LogP contribution in [0.2, 0.25) is 0 Å². The molecule has 0 saturated carbocycles. The first-order valence-corrected chi connectivity index (χ1v) is 10.3. The first kappa shape index (κ1) is 17.7. The zero-order valence-electron chi connectivity index (χ0n) is 14.8. The van der Waals surface area contributed by atoms with Gasteiger partial charge in [-0.15, -0.1) is 22.7 Å². The number of ether oxygens (including phenoxy) is 1. The van der Waals surface area contributed by atoms with Crippen molar-refractivity contribution >= 4 is 38.7 Å². The Bertz CT molecular complexity index is 1070. The maximum absolute atomic E-state index is 12.4. The van der Waals surface area contributed by atoms with Gasteiger partial charge in [-0.1, -0.05) is 30.3 Å². The normalized spacial score (nSPS) is 10.9. The molecule has 27 heavy (non-hydrogen) atoms. The summed E-state index contributed by atoms with van der Waals surface area (Å²) in [6.07, 6.45) is 0.766. The number of carbonyl (C=O) groups is 1. The number of thiophene rings is 1. The Hall–Kier alpha value is -2.70. The summed E-state index contributed by atoms with van der Waals surface area (Å²) >= 11 is 3.20. The summed E-state index contributed by atoms with van der Waals surface area (Å²) in [6, 6.07) is 16.1. The molecule has 0 aliphatic carbocycles. The van der Waals surface area contributed by atoms with E-state index in [4.69, 9.17) is 4.74 Å². The number of benzene rings is 2. The lowest BCUT2D eigenvalue weighted by molar-refractivity contribution is 0.0950. The molecule has 6 heteroatoms. The van der Waals surface area contributed by atoms with Crippen LogP contribution in [0, 0.1) is 0 Å². The number of thiazole rings is 1. The monoisotopic (exact) mass is 394 g/mol. The lowest BCUT2D eigenvalue weighted by atomic mass is 10.1. The molecule has 0 spiro atoms. The van der Waals surface area contributed by atoms with Gasteiger partial charge in [0.05, 0.1) is 7.11 Å². The molecule has 0 aliphatic heterocycles. The molecule has 0 fully saturated rings. The van der Waals surface area contributed by atoms with E-state index in [1.54, 1.807) is 18.4 Å². The maximum Gasteiger partial charge on any atom is 0.270 e. The standard InChI is InChI=1S/C21H18N2O2S2/c1-25-15-8-6-14(7-9-15)10-11-22-20(24)18-13-27-21(23-18)17-12-26-19-5-3-2-4-16(17)19/h2-9,12-13H,10-11H2,1H3,(H,22,24). The van der Waals surface area contributed by atoms with Crippen LogP contribution in [0.25, 0.3) is 20.7 Å². The van der Waals surface area contributed by atoms with Crippen molar-refractivity contribution in [3.63, 3.8) is 0 Å². The van der Waals surface area contributed by atoms with E-state index < -0.39 is 0 Å². The van der Waals surface area contributed by atoms with Crippen molar-refractivity contribution < 1.29 is 9.53 Å². The number of amides is 1. The number of hydrogen-bond donors (Lipinski definition) is 1. The lowest BCUT2D eigenvalue weighted by Crippen LogP contribution is -2.25. The van der Waals surface area contributed by atoms with Crippen molar-refractivity contribution in [1.82, 2.24) is 10.3 Å². The molecule has 0 bridgehead atoms. The Balaban J connectivity index is 1.39. The van der Waals surface area contributed by atoms with Gasteiger partial charge in [-0.05, 0) is 30.2 Å². The smallest absolute Gasteiger partial charge is 0.270 e. The van der Waals surface area contributed by atoms with Crippen molar-refractivity contribution in [1.29, 1.82) is 0 Å². The molecule has 4 rings (SSSR count). The van der Waals surface area contributed by atoms with Crippen LogP contribution in [-0.4, -0.2) is 24.5 Å². The first-order valence-electron chi connectivity index (χ1n) is 8.58. The van der Waals surface area contributed by atoms with Crippen LogP contribution < -0.4 is 10.1 Å². The van der Waals surface area contributed by atoms with E-state index in [0.717, 1.165) is 28.3 Å². The number of carbonyl (C=O) groups excluding carboxylic acids is 1. The Morgan fingerprint density at radius 2 is 1.89 bits per heavy atom. The molecule has 0 unspecified atom stereocenters. The fourth-order valence-electron chi connectivity index (χ4n) is 2.85. The van der Waals surface area contributed by atoms with Crippen molar-refractivity contribution in [3.8, 4) is 16.3 Å². The van der Waals surface area contributed by atoms with E-state index in [2.05, 4.69) is 27.8 Å². The molecule has 2 aromatic heterocycles. The summed E-state index contributed by atoms with van der Waals surface area (Å²) in [7, 11) is 1.65. The molecule has 1 N–H and O–H groups in total. The van der Waals surface area contributed by atoms with Crippen LogP contribution >= 0.6 is 22.7 Å². The van der Waals surface area contributed by atoms with Gasteiger partial charge in [-0.3, -0.25) is 4.79 Å². The van der Waals surface area contributed by atoms with Crippen LogP contribution in [0.15, 0.2) is 59.3 Å². The highest BCUT2D eigenvalue weighted by Crippen LogP contribution is 2.35. The molecule has 2 heterocycles. The highest BCUT2D eigenvalue weighted by atomic mass is 32.1. The van der Waals surface area contributed by atoms with Crippen molar-refractivity contribution in [3.05, 3.63) is 70.5 Å². The number of nitrogens with one attached hydrogen (secondary N) is 1. The minimum atomic E-state index is -0.134. The number of hydrogen-bond acceptors (Lipinski definition) is 5. The Labute approximate surface area is 165 Å². The second kappa shape index (κ2) is 7.90. The summed E-state index contributed by atoms with van der Waals surface area (Å²) in [6.45, 7) is 0.569. The molecule has 0 aliphatic rings. The quantitative estimate of drug-likeness (QED) is 0.500. The van der Waals surface area contributed by atoms with Gasteiger partial charge in [0.25, 0.3) is 5.91 Å². The van der Waals surface area contributed by atoms with Gasteiger partial charge in [-0.2, -0.15) is 0 Å². The van der Waals surface area contributed by atoms with Crippen molar-refractivity contribution in [2.45, 2.75) is 6.42 Å². The average molecular weight is 395 g/mol. The molecule has 4 aromatic rings. The van der Waals surface area contributed by atoms with Crippen molar-refractivity contribution in [2.75, 3.05) is 13.7 Å². The molecule has 4 nitrogen and oxygen atoms in total. The molecule has 2 aromatic carbocycles. The van der Waals surface area contributed by atoms with Gasteiger partial charge < -0.3 is 10.1 Å². The summed E-state index contributed by atoms with van der Waals surface area (Å²) in [4.78, 5) is 16.9. The van der Waals surface area contributed by atoms with Crippen LogP contribution in [0.1, 0.15) is 16.1 Å². The lowest BCUT2D eigenvalue weighted by Gasteiger charge is -2.05. The van der Waals surface area contributed by atoms with Gasteiger partial charge in [-0.25, -0.2) is 4.98 Å². The summed E-state index contributed by atoms with van der Waals surface area (Å²) in [5.41, 5.74) is 2.72. The molecular weight excluding hydrogens is 376 g/mol. The summed E-state index contributed by atoms with van der Waals surface area (Å²) in [5.74, 6) is 0.698. The molecule has 0 atom stereocenters. The van der Waals surface area contributed by atoms with Crippen LogP contribution in [0.3, 0.4) is 0 Å². The molecule has 1 amide bonds. The molecule has 0 saturated heterocycles. The second-order valence-electron chi connectivity index (χ2n) is 6.04. The van der Waals surface area contributed by atoms with E-state index in [1.165, 1.54) is 21.4 Å². The Morgan fingerprint density at radius 1 is 1.07 bits per heavy atom. The maximum atomic E-state index is 12.4. The van der Waals surface area contributed by atoms with E-state index in [0.29, 0.717) is 12.2 Å². The minimum Gasteiger partial charge on any atom is -0.497 e. The second-order valence-corrected chi connectivity index (χ2v) is 7.81. The summed E-state index contributed by atoms with van der Waals surface area (Å²) in [5, 5.41) is 8.94. The fourth-order valence-corrected chi connectivity index (χ4v) is 4.70. The SMILES string of the molecule is COc1ccc(CCNC(=O)c2csc(-c3csc4ccccc34)n2)cc1. The predicted octanol–water partition coefficient (Wildman–Crippen LogP) is 5.01. The van der Waals surface area contributed by atoms with Gasteiger partial charge in [0.2, 0.25) is 0 Å². The zero-order valence-corrected chi connectivity index (χ0v) is 16.4. The van der Waals surface area contributed by atoms with E-state index in [1.807, 2.05) is 41.8 Å². The zero-order chi connectivity index (χ0) is 18.6. The van der Waals surface area contributed by atoms with E-state index >= 15 is 0 Å².